The lowest BCUT2D eigenvalue weighted by atomic mass is 9.99. The molecule has 3 heterocycles. The van der Waals surface area contributed by atoms with Gasteiger partial charge in [-0.3, -0.25) is 14.6 Å². The second kappa shape index (κ2) is 9.70. The largest absolute Gasteiger partial charge is 0.379 e. The van der Waals surface area contributed by atoms with E-state index in [0.29, 0.717) is 38.3 Å². The van der Waals surface area contributed by atoms with E-state index < -0.39 is 17.3 Å². The second-order valence-electron chi connectivity index (χ2n) is 9.01. The van der Waals surface area contributed by atoms with Crippen molar-refractivity contribution in [2.24, 2.45) is 5.92 Å². The summed E-state index contributed by atoms with van der Waals surface area (Å²) in [5.74, 6) is -0.940. The Balaban J connectivity index is 1.42. The SMILES string of the molecule is CC(C)(NC(=O)Cc1ccccc1F)C(=O)N1CCOC[C@H](Cc2nccn3cccc23)C1. The van der Waals surface area contributed by atoms with Gasteiger partial charge in [0.05, 0.1) is 30.8 Å². The third-order valence-electron chi connectivity index (χ3n) is 5.93. The number of nitrogens with one attached hydrogen (secondary N) is 1. The minimum atomic E-state index is -1.13. The lowest BCUT2D eigenvalue weighted by molar-refractivity contribution is -0.140. The average molecular weight is 453 g/mol. The summed E-state index contributed by atoms with van der Waals surface area (Å²) >= 11 is 0. The van der Waals surface area contributed by atoms with Gasteiger partial charge in [-0.05, 0) is 44.0 Å². The van der Waals surface area contributed by atoms with Crippen LogP contribution in [0.3, 0.4) is 0 Å². The molecular formula is C25H29FN4O3. The van der Waals surface area contributed by atoms with Crippen LogP contribution in [0.5, 0.6) is 0 Å². The minimum Gasteiger partial charge on any atom is -0.379 e. The Morgan fingerprint density at radius 2 is 2.03 bits per heavy atom. The summed E-state index contributed by atoms with van der Waals surface area (Å²) in [5.41, 5.74) is 1.17. The number of halogens is 1. The van der Waals surface area contributed by atoms with Crippen molar-refractivity contribution in [2.75, 3.05) is 26.3 Å². The first-order chi connectivity index (χ1) is 15.8. The molecule has 174 valence electrons. The van der Waals surface area contributed by atoms with E-state index in [1.807, 2.05) is 28.9 Å². The van der Waals surface area contributed by atoms with Crippen LogP contribution in [-0.4, -0.2) is 57.9 Å². The maximum Gasteiger partial charge on any atom is 0.247 e. The van der Waals surface area contributed by atoms with E-state index in [1.165, 1.54) is 6.07 Å². The molecule has 4 rings (SSSR count). The Kier molecular flexibility index (Phi) is 6.74. The Bertz CT molecular complexity index is 1140. The van der Waals surface area contributed by atoms with E-state index in [0.717, 1.165) is 11.2 Å². The summed E-state index contributed by atoms with van der Waals surface area (Å²) in [4.78, 5) is 32.2. The van der Waals surface area contributed by atoms with Crippen LogP contribution < -0.4 is 5.32 Å². The fourth-order valence-corrected chi connectivity index (χ4v) is 4.31. The topological polar surface area (TPSA) is 75.9 Å². The Morgan fingerprint density at radius 1 is 1.21 bits per heavy atom. The Labute approximate surface area is 192 Å². The van der Waals surface area contributed by atoms with Crippen molar-refractivity contribution in [3.8, 4) is 0 Å². The number of aromatic nitrogens is 2. The van der Waals surface area contributed by atoms with E-state index in [2.05, 4.69) is 10.3 Å². The molecule has 1 aliphatic rings. The molecule has 1 atom stereocenters. The molecule has 1 fully saturated rings. The highest BCUT2D eigenvalue weighted by molar-refractivity contribution is 5.91. The molecule has 1 saturated heterocycles. The molecule has 1 aromatic carbocycles. The molecule has 0 bridgehead atoms. The zero-order valence-electron chi connectivity index (χ0n) is 19.0. The van der Waals surface area contributed by atoms with Gasteiger partial charge in [-0.25, -0.2) is 4.39 Å². The van der Waals surface area contributed by atoms with Crippen molar-refractivity contribution >= 4 is 17.3 Å². The van der Waals surface area contributed by atoms with Crippen LogP contribution in [0, 0.1) is 11.7 Å². The number of carbonyl (C=O) groups is 2. The summed E-state index contributed by atoms with van der Waals surface area (Å²) in [6.07, 6.45) is 6.22. The number of rotatable bonds is 6. The summed E-state index contributed by atoms with van der Waals surface area (Å²) in [5, 5.41) is 2.78. The van der Waals surface area contributed by atoms with Crippen LogP contribution >= 0.6 is 0 Å². The molecule has 2 amide bonds. The lowest BCUT2D eigenvalue weighted by Crippen LogP contribution is -2.57. The number of nitrogens with zero attached hydrogens (tertiary/aromatic N) is 3. The smallest absolute Gasteiger partial charge is 0.247 e. The monoisotopic (exact) mass is 452 g/mol. The Morgan fingerprint density at radius 3 is 2.85 bits per heavy atom. The summed E-state index contributed by atoms with van der Waals surface area (Å²) in [6, 6.07) is 10.2. The molecule has 0 saturated carbocycles. The van der Waals surface area contributed by atoms with Crippen LogP contribution in [0.25, 0.3) is 5.52 Å². The van der Waals surface area contributed by atoms with E-state index in [1.54, 1.807) is 43.1 Å². The Hall–Kier alpha value is -3.26. The van der Waals surface area contributed by atoms with Gasteiger partial charge in [-0.2, -0.15) is 0 Å². The highest BCUT2D eigenvalue weighted by atomic mass is 19.1. The molecule has 0 radical (unpaired) electrons. The average Bonchev–Trinajstić information content (AvgIpc) is 3.15. The van der Waals surface area contributed by atoms with E-state index >= 15 is 0 Å². The van der Waals surface area contributed by atoms with E-state index in [-0.39, 0.29) is 18.2 Å². The minimum absolute atomic E-state index is 0.0787. The zero-order chi connectivity index (χ0) is 23.4. The first-order valence-electron chi connectivity index (χ1n) is 11.2. The van der Waals surface area contributed by atoms with Crippen molar-refractivity contribution in [3.05, 3.63) is 72.1 Å². The molecule has 0 spiro atoms. The second-order valence-corrected chi connectivity index (χ2v) is 9.01. The van der Waals surface area contributed by atoms with Gasteiger partial charge in [0.25, 0.3) is 0 Å². The molecule has 8 heteroatoms. The van der Waals surface area contributed by atoms with Crippen molar-refractivity contribution in [1.82, 2.24) is 19.6 Å². The number of hydrogen-bond acceptors (Lipinski definition) is 4. The molecule has 1 N–H and O–H groups in total. The number of fused-ring (bicyclic) bond motifs is 1. The van der Waals surface area contributed by atoms with Gasteiger partial charge in [-0.1, -0.05) is 18.2 Å². The molecule has 33 heavy (non-hydrogen) atoms. The maximum absolute atomic E-state index is 13.9. The first kappa shape index (κ1) is 22.9. The predicted octanol–water partition coefficient (Wildman–Crippen LogP) is 2.63. The van der Waals surface area contributed by atoms with Gasteiger partial charge in [0.15, 0.2) is 0 Å². The molecule has 3 aromatic rings. The van der Waals surface area contributed by atoms with Gasteiger partial charge in [0.2, 0.25) is 11.8 Å². The highest BCUT2D eigenvalue weighted by Crippen LogP contribution is 2.19. The molecule has 0 aliphatic carbocycles. The van der Waals surface area contributed by atoms with Gasteiger partial charge in [-0.15, -0.1) is 0 Å². The third kappa shape index (κ3) is 5.39. The van der Waals surface area contributed by atoms with Crippen LogP contribution in [0.4, 0.5) is 4.39 Å². The van der Waals surface area contributed by atoms with Gasteiger partial charge >= 0.3 is 0 Å². The normalized spacial score (nSPS) is 17.1. The predicted molar refractivity (Wildman–Crippen MR) is 122 cm³/mol. The highest BCUT2D eigenvalue weighted by Gasteiger charge is 2.35. The van der Waals surface area contributed by atoms with Crippen LogP contribution in [0.2, 0.25) is 0 Å². The van der Waals surface area contributed by atoms with Crippen molar-refractivity contribution in [1.29, 1.82) is 0 Å². The zero-order valence-corrected chi connectivity index (χ0v) is 19.0. The first-order valence-corrected chi connectivity index (χ1v) is 11.2. The van der Waals surface area contributed by atoms with Gasteiger partial charge < -0.3 is 19.4 Å². The number of hydrogen-bond donors (Lipinski definition) is 1. The van der Waals surface area contributed by atoms with Crippen LogP contribution in [0.15, 0.2) is 55.0 Å². The molecule has 0 unspecified atom stereocenters. The van der Waals surface area contributed by atoms with Crippen molar-refractivity contribution in [2.45, 2.75) is 32.2 Å². The van der Waals surface area contributed by atoms with Gasteiger partial charge in [0.1, 0.15) is 11.4 Å². The maximum atomic E-state index is 13.9. The molecule has 1 aliphatic heterocycles. The summed E-state index contributed by atoms with van der Waals surface area (Å²) in [6.45, 7) is 5.29. The molecule has 7 nitrogen and oxygen atoms in total. The fraction of sp³-hybridized carbons (Fsp3) is 0.400. The van der Waals surface area contributed by atoms with Crippen molar-refractivity contribution in [3.63, 3.8) is 0 Å². The summed E-state index contributed by atoms with van der Waals surface area (Å²) in [7, 11) is 0. The fourth-order valence-electron chi connectivity index (χ4n) is 4.31. The van der Waals surface area contributed by atoms with Crippen molar-refractivity contribution < 1.29 is 18.7 Å². The van der Waals surface area contributed by atoms with Crippen LogP contribution in [0.1, 0.15) is 25.1 Å². The quantitative estimate of drug-likeness (QED) is 0.624. The van der Waals surface area contributed by atoms with Gasteiger partial charge in [0, 0.05) is 37.6 Å². The number of benzene rings is 1. The third-order valence-corrected chi connectivity index (χ3v) is 5.93. The van der Waals surface area contributed by atoms with Crippen LogP contribution in [-0.2, 0) is 27.2 Å². The summed E-state index contributed by atoms with van der Waals surface area (Å²) < 4.78 is 21.7. The molecular weight excluding hydrogens is 423 g/mol. The number of amides is 2. The number of ether oxygens (including phenoxy) is 1. The standard InChI is InChI=1S/C25H29FN4O3/c1-25(2,28-23(31)15-19-6-3-4-7-20(19)26)24(32)30-12-13-33-17-18(16-30)14-21-22-8-5-10-29(22)11-9-27-21/h3-11,18H,12-17H2,1-2H3,(H,28,31)/t18-/m1/s1. The van der Waals surface area contributed by atoms with E-state index in [4.69, 9.17) is 4.74 Å². The number of carbonyl (C=O) groups excluding carboxylic acids is 2. The molecule has 2 aromatic heterocycles. The lowest BCUT2D eigenvalue weighted by Gasteiger charge is -2.33. The van der Waals surface area contributed by atoms with E-state index in [9.17, 15) is 14.0 Å².